The maximum Gasteiger partial charge on any atom is 0.513 e. The molecule has 2 aromatic rings. The average molecular weight is 373 g/mol. The summed E-state index contributed by atoms with van der Waals surface area (Å²) in [5.41, 5.74) is 2.28. The van der Waals surface area contributed by atoms with Crippen molar-refractivity contribution in [2.75, 3.05) is 7.11 Å². The Morgan fingerprint density at radius 2 is 1.77 bits per heavy atom. The van der Waals surface area contributed by atoms with E-state index in [2.05, 4.69) is 44.7 Å². The van der Waals surface area contributed by atoms with Gasteiger partial charge >= 0.3 is 6.16 Å². The average Bonchev–Trinajstić information content (AvgIpc) is 2.53. The van der Waals surface area contributed by atoms with Crippen LogP contribution in [0.1, 0.15) is 42.3 Å². The van der Waals surface area contributed by atoms with E-state index < -0.39 is 14.2 Å². The second-order valence-electron chi connectivity index (χ2n) is 8.29. The smallest absolute Gasteiger partial charge is 0.437 e. The standard InChI is InChI=1S/C21H28O4Si/c1-13-10-9-11-15-17(13)18(25-20(23)24-6)16(12-22)14(2)19(15)26(7,8)21(3,4)5/h9-12H,1-8H3. The van der Waals surface area contributed by atoms with Crippen molar-refractivity contribution < 1.29 is 19.1 Å². The maximum atomic E-state index is 12.0. The van der Waals surface area contributed by atoms with Crippen molar-refractivity contribution in [3.05, 3.63) is 34.9 Å². The molecule has 0 aromatic heterocycles. The van der Waals surface area contributed by atoms with Gasteiger partial charge in [0, 0.05) is 5.39 Å². The van der Waals surface area contributed by atoms with Crippen LogP contribution >= 0.6 is 0 Å². The van der Waals surface area contributed by atoms with Crippen LogP contribution in [-0.2, 0) is 4.74 Å². The Morgan fingerprint density at radius 1 is 1.15 bits per heavy atom. The van der Waals surface area contributed by atoms with Gasteiger partial charge in [-0.05, 0) is 40.6 Å². The number of benzene rings is 2. The molecule has 2 rings (SSSR count). The molecule has 2 aromatic carbocycles. The predicted octanol–water partition coefficient (Wildman–Crippen LogP) is 5.13. The lowest BCUT2D eigenvalue weighted by Gasteiger charge is -2.40. The first-order valence-corrected chi connectivity index (χ1v) is 11.7. The van der Waals surface area contributed by atoms with E-state index in [0.717, 1.165) is 28.2 Å². The van der Waals surface area contributed by atoms with Crippen LogP contribution in [0.5, 0.6) is 5.75 Å². The lowest BCUT2D eigenvalue weighted by atomic mass is 9.97. The number of ether oxygens (including phenoxy) is 2. The molecule has 140 valence electrons. The lowest BCUT2D eigenvalue weighted by molar-refractivity contribution is 0.111. The second kappa shape index (κ2) is 6.87. The molecule has 0 amide bonds. The first-order chi connectivity index (χ1) is 12.0. The summed E-state index contributed by atoms with van der Waals surface area (Å²) in [5, 5.41) is 3.20. The lowest BCUT2D eigenvalue weighted by Crippen LogP contribution is -2.51. The number of methoxy groups -OCH3 is 1. The fourth-order valence-electron chi connectivity index (χ4n) is 3.37. The number of hydrogen-bond donors (Lipinski definition) is 0. The summed E-state index contributed by atoms with van der Waals surface area (Å²) >= 11 is 0. The molecule has 0 aliphatic rings. The molecule has 0 aliphatic carbocycles. The van der Waals surface area contributed by atoms with Gasteiger partial charge in [0.2, 0.25) is 0 Å². The first kappa shape index (κ1) is 20.2. The van der Waals surface area contributed by atoms with E-state index in [1.807, 2.05) is 26.0 Å². The molecular weight excluding hydrogens is 344 g/mol. The van der Waals surface area contributed by atoms with Crippen LogP contribution in [0.25, 0.3) is 10.8 Å². The van der Waals surface area contributed by atoms with Gasteiger partial charge in [-0.3, -0.25) is 4.79 Å². The van der Waals surface area contributed by atoms with Crippen molar-refractivity contribution in [2.24, 2.45) is 0 Å². The van der Waals surface area contributed by atoms with Crippen LogP contribution in [-0.4, -0.2) is 27.6 Å². The van der Waals surface area contributed by atoms with Crippen molar-refractivity contribution in [1.82, 2.24) is 0 Å². The Labute approximate surface area is 156 Å². The normalized spacial score (nSPS) is 12.2. The summed E-state index contributed by atoms with van der Waals surface area (Å²) in [6.07, 6.45) is -0.0343. The Bertz CT molecular complexity index is 876. The van der Waals surface area contributed by atoms with Gasteiger partial charge in [0.1, 0.15) is 0 Å². The molecule has 0 aliphatic heterocycles. The molecule has 26 heavy (non-hydrogen) atoms. The van der Waals surface area contributed by atoms with Crippen LogP contribution in [0.3, 0.4) is 0 Å². The minimum absolute atomic E-state index is 0.0965. The number of rotatable bonds is 3. The highest BCUT2D eigenvalue weighted by atomic mass is 28.3. The minimum Gasteiger partial charge on any atom is -0.437 e. The zero-order valence-electron chi connectivity index (χ0n) is 16.9. The van der Waals surface area contributed by atoms with Crippen LogP contribution in [0.2, 0.25) is 18.1 Å². The third-order valence-corrected chi connectivity index (χ3v) is 11.4. The van der Waals surface area contributed by atoms with Gasteiger partial charge in [0.25, 0.3) is 0 Å². The van der Waals surface area contributed by atoms with Crippen LogP contribution in [0.15, 0.2) is 18.2 Å². The Balaban J connectivity index is 3.05. The van der Waals surface area contributed by atoms with Crippen LogP contribution in [0, 0.1) is 13.8 Å². The fraction of sp³-hybridized carbons (Fsp3) is 0.429. The number of aryl methyl sites for hydroxylation is 1. The summed E-state index contributed by atoms with van der Waals surface area (Å²) in [5.74, 6) is 0.292. The van der Waals surface area contributed by atoms with Gasteiger partial charge in [-0.2, -0.15) is 0 Å². The van der Waals surface area contributed by atoms with Gasteiger partial charge in [0.15, 0.2) is 12.0 Å². The van der Waals surface area contributed by atoms with E-state index in [0.29, 0.717) is 11.3 Å². The van der Waals surface area contributed by atoms with Crippen molar-refractivity contribution in [3.63, 3.8) is 0 Å². The predicted molar refractivity (Wildman–Crippen MR) is 109 cm³/mol. The summed E-state index contributed by atoms with van der Waals surface area (Å²) in [7, 11) is -0.704. The van der Waals surface area contributed by atoms with Crippen LogP contribution < -0.4 is 9.92 Å². The van der Waals surface area contributed by atoms with Crippen molar-refractivity contribution in [3.8, 4) is 5.75 Å². The molecule has 0 heterocycles. The van der Waals surface area contributed by atoms with Gasteiger partial charge in [-0.1, -0.05) is 52.1 Å². The highest BCUT2D eigenvalue weighted by Crippen LogP contribution is 2.41. The summed E-state index contributed by atoms with van der Waals surface area (Å²) in [4.78, 5) is 23.8. The van der Waals surface area contributed by atoms with E-state index in [1.54, 1.807) is 0 Å². The molecule has 0 N–H and O–H groups in total. The topological polar surface area (TPSA) is 52.6 Å². The van der Waals surface area contributed by atoms with Gasteiger partial charge in [-0.15, -0.1) is 0 Å². The number of fused-ring (bicyclic) bond motifs is 1. The molecule has 0 fully saturated rings. The van der Waals surface area contributed by atoms with Crippen molar-refractivity contribution >= 4 is 36.5 Å². The molecule has 0 saturated carbocycles. The second-order valence-corrected chi connectivity index (χ2v) is 13.5. The first-order valence-electron chi connectivity index (χ1n) is 8.74. The molecule has 0 radical (unpaired) electrons. The Morgan fingerprint density at radius 3 is 2.27 bits per heavy atom. The molecule has 0 atom stereocenters. The highest BCUT2D eigenvalue weighted by Gasteiger charge is 2.40. The molecule has 0 spiro atoms. The molecule has 0 saturated heterocycles. The zero-order chi connectivity index (χ0) is 19.9. The van der Waals surface area contributed by atoms with Crippen molar-refractivity contribution in [2.45, 2.75) is 52.8 Å². The SMILES string of the molecule is COC(=O)Oc1c(C=O)c(C)c([Si](C)(C)C(C)(C)C)c2cccc(C)c12. The number of carbonyl (C=O) groups excluding carboxylic acids is 2. The molecule has 0 bridgehead atoms. The zero-order valence-corrected chi connectivity index (χ0v) is 17.9. The van der Waals surface area contributed by atoms with Gasteiger partial charge in [-0.25, -0.2) is 4.79 Å². The quantitative estimate of drug-likeness (QED) is 0.324. The van der Waals surface area contributed by atoms with E-state index in [9.17, 15) is 9.59 Å². The highest BCUT2D eigenvalue weighted by molar-refractivity contribution is 6.94. The van der Waals surface area contributed by atoms with E-state index in [-0.39, 0.29) is 5.04 Å². The Kier molecular flexibility index (Phi) is 5.33. The summed E-state index contributed by atoms with van der Waals surface area (Å²) in [6.45, 7) is 15.3. The number of carbonyl (C=O) groups is 2. The molecule has 0 unspecified atom stereocenters. The minimum atomic E-state index is -1.96. The van der Waals surface area contributed by atoms with Gasteiger partial charge < -0.3 is 9.47 Å². The monoisotopic (exact) mass is 372 g/mol. The molecular formula is C21H28O4Si. The molecule has 4 nitrogen and oxygen atoms in total. The fourth-order valence-corrected chi connectivity index (χ4v) is 6.08. The number of aldehydes is 1. The van der Waals surface area contributed by atoms with E-state index >= 15 is 0 Å². The van der Waals surface area contributed by atoms with E-state index in [4.69, 9.17) is 4.74 Å². The van der Waals surface area contributed by atoms with E-state index in [1.165, 1.54) is 12.3 Å². The van der Waals surface area contributed by atoms with Gasteiger partial charge in [0.05, 0.1) is 20.7 Å². The maximum absolute atomic E-state index is 12.0. The third-order valence-electron chi connectivity index (χ3n) is 5.76. The largest absolute Gasteiger partial charge is 0.513 e. The summed E-state index contributed by atoms with van der Waals surface area (Å²) < 4.78 is 10.1. The Hall–Kier alpha value is -2.14. The molecule has 5 heteroatoms. The number of hydrogen-bond acceptors (Lipinski definition) is 4. The third kappa shape index (κ3) is 3.16. The van der Waals surface area contributed by atoms with Crippen LogP contribution in [0.4, 0.5) is 4.79 Å². The summed E-state index contributed by atoms with van der Waals surface area (Å²) in [6, 6.07) is 6.03. The van der Waals surface area contributed by atoms with Crippen molar-refractivity contribution in [1.29, 1.82) is 0 Å².